The number of aliphatic hydroxyl groups is 1. The van der Waals surface area contributed by atoms with Crippen LogP contribution in [0.1, 0.15) is 67.2 Å². The number of alkyl halides is 2. The number of aliphatic hydroxyl groups excluding tert-OH is 1. The Kier molecular flexibility index (Phi) is 29.0. The molecular formula is C19H40Cl2O3S2. The lowest BCUT2D eigenvalue weighted by Crippen LogP contribution is -2.22. The normalized spacial score (nSPS) is 20.0. The molecular weight excluding hydrogens is 411 g/mol. The molecule has 160 valence electrons. The summed E-state index contributed by atoms with van der Waals surface area (Å²) in [5.74, 6) is 1.29. The fraction of sp³-hybridized carbons (Fsp3) is 0.947. The second-order valence-electron chi connectivity index (χ2n) is 6.92. The molecule has 0 aromatic rings. The van der Waals surface area contributed by atoms with Crippen LogP contribution in [0.5, 0.6) is 0 Å². The molecule has 7 heteroatoms. The third kappa shape index (κ3) is 32.5. The van der Waals surface area contributed by atoms with Crippen LogP contribution < -0.4 is 0 Å². The molecule has 0 aromatic carbocycles. The van der Waals surface area contributed by atoms with Gasteiger partial charge < -0.3 is 14.6 Å². The van der Waals surface area contributed by atoms with Crippen molar-refractivity contribution in [2.75, 3.05) is 18.6 Å². The topological polar surface area (TPSA) is 46.5 Å². The van der Waals surface area contributed by atoms with Crippen LogP contribution in [0.25, 0.3) is 0 Å². The summed E-state index contributed by atoms with van der Waals surface area (Å²) in [4.78, 5) is 9.62. The molecule has 1 saturated heterocycles. The van der Waals surface area contributed by atoms with Gasteiger partial charge in [0.1, 0.15) is 11.7 Å². The van der Waals surface area contributed by atoms with Crippen molar-refractivity contribution in [2.24, 2.45) is 11.8 Å². The van der Waals surface area contributed by atoms with E-state index in [1.807, 2.05) is 32.5 Å². The summed E-state index contributed by atoms with van der Waals surface area (Å²) in [6.45, 7) is 14.0. The summed E-state index contributed by atoms with van der Waals surface area (Å²) in [7, 11) is 0. The lowest BCUT2D eigenvalue weighted by molar-refractivity contribution is -0.108. The van der Waals surface area contributed by atoms with Gasteiger partial charge >= 0.3 is 0 Å². The number of thioether (sulfide) groups is 1. The van der Waals surface area contributed by atoms with Crippen molar-refractivity contribution < 1.29 is 14.6 Å². The lowest BCUT2D eigenvalue weighted by Gasteiger charge is -2.27. The molecule has 0 amide bonds. The molecule has 0 bridgehead atoms. The summed E-state index contributed by atoms with van der Waals surface area (Å²) >= 11 is 15.5. The van der Waals surface area contributed by atoms with Gasteiger partial charge in [-0.15, -0.1) is 35.0 Å². The van der Waals surface area contributed by atoms with E-state index in [1.165, 1.54) is 12.8 Å². The second-order valence-corrected chi connectivity index (χ2v) is 10.2. The van der Waals surface area contributed by atoms with Crippen molar-refractivity contribution in [2.45, 2.75) is 83.2 Å². The number of hydrogen-bond donors (Lipinski definition) is 2. The van der Waals surface area contributed by atoms with Crippen LogP contribution in [-0.4, -0.2) is 45.9 Å². The van der Waals surface area contributed by atoms with Gasteiger partial charge in [0.25, 0.3) is 0 Å². The number of carbonyl (C=O) groups is 1. The lowest BCUT2D eigenvalue weighted by atomic mass is 10.1. The summed E-state index contributed by atoms with van der Waals surface area (Å²) in [6, 6.07) is 0. The van der Waals surface area contributed by atoms with Gasteiger partial charge in [0.15, 0.2) is 0 Å². The molecule has 0 radical (unpaired) electrons. The van der Waals surface area contributed by atoms with Crippen molar-refractivity contribution in [3.05, 3.63) is 0 Å². The molecule has 3 unspecified atom stereocenters. The molecule has 3 atom stereocenters. The molecule has 3 nitrogen and oxygen atoms in total. The fourth-order valence-electron chi connectivity index (χ4n) is 1.62. The zero-order valence-corrected chi connectivity index (χ0v) is 20.5. The van der Waals surface area contributed by atoms with Gasteiger partial charge in [0.2, 0.25) is 0 Å². The summed E-state index contributed by atoms with van der Waals surface area (Å²) < 4.78 is 5.62. The smallest absolute Gasteiger partial charge is 0.120 e. The SMILES string of the molecule is CC(C)CC1OCCC(C)S1.CC(C)CC=O.CC(S)CCO.ClCCl. The minimum Gasteiger partial charge on any atom is -0.396 e. The van der Waals surface area contributed by atoms with Gasteiger partial charge in [0.05, 0.1) is 5.34 Å². The minimum atomic E-state index is 0.194. The molecule has 1 rings (SSSR count). The van der Waals surface area contributed by atoms with E-state index in [0.29, 0.717) is 23.0 Å². The number of thiol groups is 1. The zero-order chi connectivity index (χ0) is 21.0. The third-order valence-corrected chi connectivity index (χ3v) is 4.58. The van der Waals surface area contributed by atoms with Crippen molar-refractivity contribution >= 4 is 53.9 Å². The number of carbonyl (C=O) groups excluding carboxylic acids is 1. The van der Waals surface area contributed by atoms with Gasteiger partial charge in [-0.25, -0.2) is 0 Å². The standard InChI is InChI=1S/C9H18OS.C5H10O.C4H10OS.CH2Cl2/c1-7(2)6-9-10-5-4-8(3)11-9;1-5(2)3-4-6;1-4(6)2-3-5;2-1-3/h7-9H,4-6H2,1-3H3;4-5H,3H2,1-2H3;4-6H,2-3H2,1H3;1H2. The van der Waals surface area contributed by atoms with E-state index in [-0.39, 0.29) is 11.9 Å². The van der Waals surface area contributed by atoms with E-state index in [4.69, 9.17) is 33.0 Å². The highest BCUT2D eigenvalue weighted by molar-refractivity contribution is 8.00. The Balaban J connectivity index is -0.000000304. The average Bonchev–Trinajstić information content (AvgIpc) is 2.48. The average molecular weight is 452 g/mol. The highest BCUT2D eigenvalue weighted by Gasteiger charge is 2.20. The first-order valence-electron chi connectivity index (χ1n) is 9.25. The Morgan fingerprint density at radius 1 is 1.23 bits per heavy atom. The summed E-state index contributed by atoms with van der Waals surface area (Å²) in [5.41, 5.74) is 0.471. The largest absolute Gasteiger partial charge is 0.396 e. The second kappa shape index (κ2) is 23.9. The molecule has 0 spiro atoms. The number of ether oxygens (including phenoxy) is 1. The van der Waals surface area contributed by atoms with E-state index in [1.54, 1.807) is 0 Å². The molecule has 1 heterocycles. The Labute approximate surface area is 181 Å². The van der Waals surface area contributed by atoms with Gasteiger partial charge in [0, 0.05) is 30.1 Å². The Morgan fingerprint density at radius 3 is 2.00 bits per heavy atom. The third-order valence-electron chi connectivity index (χ3n) is 2.99. The van der Waals surface area contributed by atoms with Crippen molar-refractivity contribution in [1.29, 1.82) is 0 Å². The maximum absolute atomic E-state index is 9.62. The van der Waals surface area contributed by atoms with E-state index in [2.05, 4.69) is 33.4 Å². The van der Waals surface area contributed by atoms with Crippen LogP contribution in [0.3, 0.4) is 0 Å². The van der Waals surface area contributed by atoms with Crippen LogP contribution in [0.15, 0.2) is 0 Å². The predicted octanol–water partition coefficient (Wildman–Crippen LogP) is 6.24. The van der Waals surface area contributed by atoms with Crippen LogP contribution in [-0.2, 0) is 9.53 Å². The highest BCUT2D eigenvalue weighted by atomic mass is 35.5. The maximum Gasteiger partial charge on any atom is 0.120 e. The van der Waals surface area contributed by atoms with E-state index < -0.39 is 0 Å². The van der Waals surface area contributed by atoms with Crippen molar-refractivity contribution in [3.8, 4) is 0 Å². The Bertz CT molecular complexity index is 280. The van der Waals surface area contributed by atoms with Crippen LogP contribution in [0.2, 0.25) is 0 Å². The Hall–Kier alpha value is 0.870. The van der Waals surface area contributed by atoms with Gasteiger partial charge in [-0.05, 0) is 31.1 Å². The quantitative estimate of drug-likeness (QED) is 0.285. The summed E-state index contributed by atoms with van der Waals surface area (Å²) in [6.07, 6.45) is 4.86. The Morgan fingerprint density at radius 2 is 1.77 bits per heavy atom. The molecule has 0 aliphatic carbocycles. The first-order chi connectivity index (χ1) is 12.1. The number of rotatable bonds is 6. The van der Waals surface area contributed by atoms with E-state index >= 15 is 0 Å². The first-order valence-corrected chi connectivity index (χ1v) is 11.8. The minimum absolute atomic E-state index is 0.194. The van der Waals surface area contributed by atoms with Gasteiger partial charge in [-0.2, -0.15) is 12.6 Å². The van der Waals surface area contributed by atoms with Crippen LogP contribution in [0.4, 0.5) is 0 Å². The molecule has 0 aromatic heterocycles. The highest BCUT2D eigenvalue weighted by Crippen LogP contribution is 2.30. The molecule has 1 aliphatic rings. The molecule has 26 heavy (non-hydrogen) atoms. The molecule has 1 N–H and O–H groups in total. The van der Waals surface area contributed by atoms with Crippen LogP contribution >= 0.6 is 47.6 Å². The monoisotopic (exact) mass is 450 g/mol. The van der Waals surface area contributed by atoms with Gasteiger partial charge in [-0.3, -0.25) is 0 Å². The molecule has 1 fully saturated rings. The first kappa shape index (κ1) is 31.6. The predicted molar refractivity (Wildman–Crippen MR) is 123 cm³/mol. The summed E-state index contributed by atoms with van der Waals surface area (Å²) in [5, 5.41) is 9.52. The molecule has 0 saturated carbocycles. The maximum atomic E-state index is 9.62. The van der Waals surface area contributed by atoms with E-state index in [9.17, 15) is 4.79 Å². The zero-order valence-electron chi connectivity index (χ0n) is 17.3. The van der Waals surface area contributed by atoms with Crippen molar-refractivity contribution in [3.63, 3.8) is 0 Å². The molecule has 1 aliphatic heterocycles. The number of aldehydes is 1. The number of halogens is 2. The van der Waals surface area contributed by atoms with E-state index in [0.717, 1.165) is 30.5 Å². The van der Waals surface area contributed by atoms with Crippen molar-refractivity contribution in [1.82, 2.24) is 0 Å². The van der Waals surface area contributed by atoms with Crippen LogP contribution in [0, 0.1) is 11.8 Å². The van der Waals surface area contributed by atoms with Gasteiger partial charge in [-0.1, -0.05) is 41.5 Å². The fourth-order valence-corrected chi connectivity index (χ4v) is 3.16. The number of hydrogen-bond acceptors (Lipinski definition) is 5.